The molecule has 18 heavy (non-hydrogen) atoms. The van der Waals surface area contributed by atoms with Gasteiger partial charge in [-0.05, 0) is 24.6 Å². The number of hydrogen-bond acceptors (Lipinski definition) is 4. The molecule has 0 bridgehead atoms. The van der Waals surface area contributed by atoms with Crippen molar-refractivity contribution in [3.63, 3.8) is 0 Å². The summed E-state index contributed by atoms with van der Waals surface area (Å²) in [5.74, 6) is -0.396. The Balaban J connectivity index is 2.49. The van der Waals surface area contributed by atoms with E-state index in [1.807, 2.05) is 25.1 Å². The van der Waals surface area contributed by atoms with Gasteiger partial charge in [0.15, 0.2) is 0 Å². The van der Waals surface area contributed by atoms with Crippen LogP contribution in [0.5, 0.6) is 0 Å². The van der Waals surface area contributed by atoms with E-state index in [0.717, 1.165) is 14.9 Å². The Bertz CT molecular complexity index is 607. The third-order valence-corrected chi connectivity index (χ3v) is 4.34. The average Bonchev–Trinajstić information content (AvgIpc) is 2.70. The highest BCUT2D eigenvalue weighted by molar-refractivity contribution is 9.10. The van der Waals surface area contributed by atoms with Crippen LogP contribution in [-0.4, -0.2) is 13.1 Å². The van der Waals surface area contributed by atoms with Gasteiger partial charge >= 0.3 is 5.97 Å². The SMILES string of the molecule is COC(=O)c1sc(-c2ccc(C)cc2Br)cc1N. The van der Waals surface area contributed by atoms with Crippen LogP contribution >= 0.6 is 27.3 Å². The van der Waals surface area contributed by atoms with Crippen LogP contribution in [0, 0.1) is 6.92 Å². The number of carbonyl (C=O) groups is 1. The van der Waals surface area contributed by atoms with Crippen LogP contribution in [0.1, 0.15) is 15.2 Å². The highest BCUT2D eigenvalue weighted by Gasteiger charge is 2.16. The Morgan fingerprint density at radius 3 is 2.72 bits per heavy atom. The molecular weight excluding hydrogens is 314 g/mol. The van der Waals surface area contributed by atoms with E-state index in [1.165, 1.54) is 24.0 Å². The predicted molar refractivity (Wildman–Crippen MR) is 77.9 cm³/mol. The van der Waals surface area contributed by atoms with E-state index in [-0.39, 0.29) is 0 Å². The number of thiophene rings is 1. The lowest BCUT2D eigenvalue weighted by atomic mass is 10.1. The number of ether oxygens (including phenoxy) is 1. The van der Waals surface area contributed by atoms with Gasteiger partial charge in [0.2, 0.25) is 0 Å². The van der Waals surface area contributed by atoms with Crippen molar-refractivity contribution in [2.24, 2.45) is 0 Å². The van der Waals surface area contributed by atoms with Gasteiger partial charge in [0, 0.05) is 14.9 Å². The summed E-state index contributed by atoms with van der Waals surface area (Å²) in [5.41, 5.74) is 8.47. The van der Waals surface area contributed by atoms with Gasteiger partial charge in [0.1, 0.15) is 4.88 Å². The Hall–Kier alpha value is -1.33. The van der Waals surface area contributed by atoms with Crippen LogP contribution in [0.4, 0.5) is 5.69 Å². The highest BCUT2D eigenvalue weighted by Crippen LogP contribution is 2.37. The van der Waals surface area contributed by atoms with Crippen LogP contribution in [0.2, 0.25) is 0 Å². The molecule has 0 fully saturated rings. The quantitative estimate of drug-likeness (QED) is 0.853. The lowest BCUT2D eigenvalue weighted by Crippen LogP contribution is -2.00. The molecule has 2 rings (SSSR count). The molecule has 0 aliphatic rings. The maximum atomic E-state index is 11.5. The first-order chi connectivity index (χ1) is 8.52. The topological polar surface area (TPSA) is 52.3 Å². The van der Waals surface area contributed by atoms with Gasteiger partial charge in [-0.1, -0.05) is 28.1 Å². The second kappa shape index (κ2) is 5.12. The number of carbonyl (C=O) groups excluding carboxylic acids is 1. The lowest BCUT2D eigenvalue weighted by molar-refractivity contribution is 0.0607. The first-order valence-electron chi connectivity index (χ1n) is 5.27. The first kappa shape index (κ1) is 13.1. The average molecular weight is 326 g/mol. The summed E-state index contributed by atoms with van der Waals surface area (Å²) in [7, 11) is 1.35. The number of rotatable bonds is 2. The van der Waals surface area contributed by atoms with Crippen LogP contribution in [0.15, 0.2) is 28.7 Å². The van der Waals surface area contributed by atoms with E-state index >= 15 is 0 Å². The van der Waals surface area contributed by atoms with Crippen molar-refractivity contribution in [2.75, 3.05) is 12.8 Å². The summed E-state index contributed by atoms with van der Waals surface area (Å²) in [5, 5.41) is 0. The van der Waals surface area contributed by atoms with Gasteiger partial charge in [-0.25, -0.2) is 4.79 Å². The molecule has 1 aromatic heterocycles. The van der Waals surface area contributed by atoms with Crippen molar-refractivity contribution in [1.82, 2.24) is 0 Å². The zero-order chi connectivity index (χ0) is 13.3. The number of nitrogens with two attached hydrogens (primary N) is 1. The Morgan fingerprint density at radius 1 is 1.39 bits per heavy atom. The van der Waals surface area contributed by atoms with Crippen LogP contribution in [0.25, 0.3) is 10.4 Å². The minimum absolute atomic E-state index is 0.396. The normalized spacial score (nSPS) is 10.4. The van der Waals surface area contributed by atoms with E-state index in [2.05, 4.69) is 15.9 Å². The predicted octanol–water partition coefficient (Wildman–Crippen LogP) is 3.85. The molecule has 1 heterocycles. The van der Waals surface area contributed by atoms with E-state index in [4.69, 9.17) is 10.5 Å². The Morgan fingerprint density at radius 2 is 2.11 bits per heavy atom. The zero-order valence-electron chi connectivity index (χ0n) is 9.99. The molecule has 0 atom stereocenters. The van der Waals surface area contributed by atoms with Crippen molar-refractivity contribution < 1.29 is 9.53 Å². The molecule has 0 aliphatic carbocycles. The zero-order valence-corrected chi connectivity index (χ0v) is 12.4. The molecule has 0 spiro atoms. The van der Waals surface area contributed by atoms with E-state index in [1.54, 1.807) is 6.07 Å². The fourth-order valence-electron chi connectivity index (χ4n) is 1.61. The number of benzene rings is 1. The summed E-state index contributed by atoms with van der Waals surface area (Å²) >= 11 is 4.86. The van der Waals surface area contributed by atoms with Crippen molar-refractivity contribution in [1.29, 1.82) is 0 Å². The van der Waals surface area contributed by atoms with Gasteiger partial charge < -0.3 is 10.5 Å². The van der Waals surface area contributed by atoms with Crippen LogP contribution in [-0.2, 0) is 4.74 Å². The summed E-state index contributed by atoms with van der Waals surface area (Å²) < 4.78 is 5.68. The molecule has 0 radical (unpaired) electrons. The number of anilines is 1. The molecule has 0 saturated carbocycles. The maximum absolute atomic E-state index is 11.5. The molecule has 94 valence electrons. The van der Waals surface area contributed by atoms with Crippen molar-refractivity contribution >= 4 is 38.9 Å². The number of methoxy groups -OCH3 is 1. The molecular formula is C13H12BrNO2S. The van der Waals surface area contributed by atoms with Crippen molar-refractivity contribution in [3.8, 4) is 10.4 Å². The minimum atomic E-state index is -0.396. The van der Waals surface area contributed by atoms with Gasteiger partial charge in [0.05, 0.1) is 12.8 Å². The van der Waals surface area contributed by atoms with Crippen molar-refractivity contribution in [2.45, 2.75) is 6.92 Å². The molecule has 0 unspecified atom stereocenters. The molecule has 0 saturated heterocycles. The molecule has 0 aliphatic heterocycles. The Labute approximate surface area is 118 Å². The smallest absolute Gasteiger partial charge is 0.350 e. The number of nitrogen functional groups attached to an aromatic ring is 1. The third kappa shape index (κ3) is 2.42. The van der Waals surface area contributed by atoms with Gasteiger partial charge in [-0.15, -0.1) is 11.3 Å². The molecule has 3 nitrogen and oxygen atoms in total. The summed E-state index contributed by atoms with van der Waals surface area (Å²) in [4.78, 5) is 12.9. The van der Waals surface area contributed by atoms with Crippen LogP contribution < -0.4 is 5.73 Å². The Kier molecular flexibility index (Phi) is 3.73. The highest BCUT2D eigenvalue weighted by atomic mass is 79.9. The lowest BCUT2D eigenvalue weighted by Gasteiger charge is -2.02. The number of aryl methyl sites for hydroxylation is 1. The fourth-order valence-corrected chi connectivity index (χ4v) is 3.49. The standard InChI is InChI=1S/C13H12BrNO2S/c1-7-3-4-8(9(14)5-7)11-6-10(15)12(18-11)13(16)17-2/h3-6H,15H2,1-2H3. The number of esters is 1. The van der Waals surface area contributed by atoms with Crippen molar-refractivity contribution in [3.05, 3.63) is 39.2 Å². The largest absolute Gasteiger partial charge is 0.465 e. The second-order valence-corrected chi connectivity index (χ2v) is 5.78. The van der Waals surface area contributed by atoms with E-state index in [0.29, 0.717) is 10.6 Å². The molecule has 5 heteroatoms. The summed E-state index contributed by atoms with van der Waals surface area (Å²) in [6.45, 7) is 2.03. The first-order valence-corrected chi connectivity index (χ1v) is 6.88. The monoisotopic (exact) mass is 325 g/mol. The van der Waals surface area contributed by atoms with Gasteiger partial charge in [-0.2, -0.15) is 0 Å². The third-order valence-electron chi connectivity index (χ3n) is 2.52. The fraction of sp³-hybridized carbons (Fsp3) is 0.154. The second-order valence-electron chi connectivity index (χ2n) is 3.87. The van der Waals surface area contributed by atoms with Crippen LogP contribution in [0.3, 0.4) is 0 Å². The number of hydrogen-bond donors (Lipinski definition) is 1. The maximum Gasteiger partial charge on any atom is 0.350 e. The molecule has 0 amide bonds. The molecule has 2 aromatic rings. The molecule has 2 N–H and O–H groups in total. The van der Waals surface area contributed by atoms with E-state index in [9.17, 15) is 4.79 Å². The summed E-state index contributed by atoms with van der Waals surface area (Å²) in [6, 6.07) is 7.86. The number of halogens is 1. The molecule has 1 aromatic carbocycles. The van der Waals surface area contributed by atoms with Gasteiger partial charge in [0.25, 0.3) is 0 Å². The summed E-state index contributed by atoms with van der Waals surface area (Å²) in [6.07, 6.45) is 0. The van der Waals surface area contributed by atoms with E-state index < -0.39 is 5.97 Å². The van der Waals surface area contributed by atoms with Gasteiger partial charge in [-0.3, -0.25) is 0 Å². The minimum Gasteiger partial charge on any atom is -0.465 e.